The second-order valence-corrected chi connectivity index (χ2v) is 4.38. The van der Waals surface area contributed by atoms with Crippen molar-refractivity contribution in [3.63, 3.8) is 0 Å². The fourth-order valence-electron chi connectivity index (χ4n) is 1.09. The standard InChI is InChI=1S/C13H16N2O/c1-4-13(2,3)12(16)15-11-7-5-10(9-14)6-8-11/h5-8H,4H2,1-3H3,(H,15,16). The van der Waals surface area contributed by atoms with Crippen LogP contribution in [-0.2, 0) is 4.79 Å². The van der Waals surface area contributed by atoms with Crippen LogP contribution in [0, 0.1) is 16.7 Å². The zero-order valence-electron chi connectivity index (χ0n) is 9.87. The molecule has 1 rings (SSSR count). The van der Waals surface area contributed by atoms with E-state index in [0.717, 1.165) is 12.1 Å². The molecule has 3 heteroatoms. The predicted octanol–water partition coefficient (Wildman–Crippen LogP) is 2.93. The van der Waals surface area contributed by atoms with Gasteiger partial charge in [-0.25, -0.2) is 0 Å². The molecule has 84 valence electrons. The summed E-state index contributed by atoms with van der Waals surface area (Å²) in [6, 6.07) is 8.89. The average molecular weight is 216 g/mol. The average Bonchev–Trinajstić information content (AvgIpc) is 2.30. The lowest BCUT2D eigenvalue weighted by Gasteiger charge is -2.21. The molecule has 0 saturated carbocycles. The van der Waals surface area contributed by atoms with Crippen LogP contribution in [0.1, 0.15) is 32.8 Å². The highest BCUT2D eigenvalue weighted by Gasteiger charge is 2.24. The van der Waals surface area contributed by atoms with Crippen molar-refractivity contribution in [3.05, 3.63) is 29.8 Å². The van der Waals surface area contributed by atoms with Gasteiger partial charge in [0.25, 0.3) is 0 Å². The lowest BCUT2D eigenvalue weighted by Crippen LogP contribution is -2.29. The minimum Gasteiger partial charge on any atom is -0.326 e. The second kappa shape index (κ2) is 4.80. The molecule has 0 aliphatic heterocycles. The SMILES string of the molecule is CCC(C)(C)C(=O)Nc1ccc(C#N)cc1. The van der Waals surface area contributed by atoms with Gasteiger partial charge in [0, 0.05) is 11.1 Å². The molecule has 0 unspecified atom stereocenters. The van der Waals surface area contributed by atoms with Crippen LogP contribution in [0.4, 0.5) is 5.69 Å². The molecule has 0 spiro atoms. The van der Waals surface area contributed by atoms with E-state index >= 15 is 0 Å². The molecule has 0 saturated heterocycles. The van der Waals surface area contributed by atoms with Crippen molar-refractivity contribution >= 4 is 11.6 Å². The Morgan fingerprint density at radius 3 is 2.38 bits per heavy atom. The molecular formula is C13H16N2O. The van der Waals surface area contributed by atoms with Crippen LogP contribution in [-0.4, -0.2) is 5.91 Å². The Balaban J connectivity index is 2.75. The third-order valence-corrected chi connectivity index (χ3v) is 2.77. The molecule has 0 aliphatic carbocycles. The van der Waals surface area contributed by atoms with E-state index in [0.29, 0.717) is 5.56 Å². The Labute approximate surface area is 96.1 Å². The number of benzene rings is 1. The summed E-state index contributed by atoms with van der Waals surface area (Å²) in [5.74, 6) is -0.000271. The molecule has 1 aromatic rings. The fraction of sp³-hybridized carbons (Fsp3) is 0.385. The summed E-state index contributed by atoms with van der Waals surface area (Å²) >= 11 is 0. The van der Waals surface area contributed by atoms with E-state index in [4.69, 9.17) is 5.26 Å². The van der Waals surface area contributed by atoms with Crippen LogP contribution in [0.5, 0.6) is 0 Å². The molecule has 3 nitrogen and oxygen atoms in total. The van der Waals surface area contributed by atoms with Gasteiger partial charge in [-0.3, -0.25) is 4.79 Å². The number of rotatable bonds is 3. The maximum absolute atomic E-state index is 11.8. The maximum atomic E-state index is 11.8. The molecule has 0 bridgehead atoms. The van der Waals surface area contributed by atoms with Gasteiger partial charge in [0.05, 0.1) is 11.6 Å². The minimum absolute atomic E-state index is 0.000271. The number of hydrogen-bond acceptors (Lipinski definition) is 2. The van der Waals surface area contributed by atoms with Crippen LogP contribution < -0.4 is 5.32 Å². The summed E-state index contributed by atoms with van der Waals surface area (Å²) in [5, 5.41) is 11.5. The van der Waals surface area contributed by atoms with Gasteiger partial charge < -0.3 is 5.32 Å². The van der Waals surface area contributed by atoms with Crippen molar-refractivity contribution in [2.24, 2.45) is 5.41 Å². The summed E-state index contributed by atoms with van der Waals surface area (Å²) < 4.78 is 0. The number of nitrogens with zero attached hydrogens (tertiary/aromatic N) is 1. The van der Waals surface area contributed by atoms with Crippen molar-refractivity contribution in [2.75, 3.05) is 5.32 Å². The normalized spacial score (nSPS) is 10.6. The monoisotopic (exact) mass is 216 g/mol. The molecule has 1 N–H and O–H groups in total. The Morgan fingerprint density at radius 2 is 1.94 bits per heavy atom. The fourth-order valence-corrected chi connectivity index (χ4v) is 1.09. The van der Waals surface area contributed by atoms with E-state index in [1.807, 2.05) is 26.8 Å². The van der Waals surface area contributed by atoms with Gasteiger partial charge in [-0.2, -0.15) is 5.26 Å². The molecule has 0 radical (unpaired) electrons. The third kappa shape index (κ3) is 2.83. The highest BCUT2D eigenvalue weighted by atomic mass is 16.2. The summed E-state index contributed by atoms with van der Waals surface area (Å²) in [6.07, 6.45) is 0.787. The molecule has 1 amide bonds. The number of nitriles is 1. The molecule has 0 atom stereocenters. The van der Waals surface area contributed by atoms with Gasteiger partial charge >= 0.3 is 0 Å². The Morgan fingerprint density at radius 1 is 1.38 bits per heavy atom. The smallest absolute Gasteiger partial charge is 0.230 e. The highest BCUT2D eigenvalue weighted by molar-refractivity contribution is 5.94. The first-order valence-electron chi connectivity index (χ1n) is 5.31. The van der Waals surface area contributed by atoms with Gasteiger partial charge in [0.2, 0.25) is 5.91 Å². The molecule has 0 aliphatic rings. The number of anilines is 1. The number of amides is 1. The molecule has 0 fully saturated rings. The van der Waals surface area contributed by atoms with Gasteiger partial charge in [0.1, 0.15) is 0 Å². The number of hydrogen-bond donors (Lipinski definition) is 1. The zero-order valence-corrected chi connectivity index (χ0v) is 9.87. The summed E-state index contributed by atoms with van der Waals surface area (Å²) in [7, 11) is 0. The Kier molecular flexibility index (Phi) is 3.68. The third-order valence-electron chi connectivity index (χ3n) is 2.77. The molecule has 0 heterocycles. The van der Waals surface area contributed by atoms with Crippen LogP contribution in [0.15, 0.2) is 24.3 Å². The van der Waals surface area contributed by atoms with Gasteiger partial charge in [-0.1, -0.05) is 20.8 Å². The van der Waals surface area contributed by atoms with Crippen molar-refractivity contribution in [1.29, 1.82) is 5.26 Å². The van der Waals surface area contributed by atoms with E-state index in [-0.39, 0.29) is 11.3 Å². The van der Waals surface area contributed by atoms with Crippen molar-refractivity contribution in [1.82, 2.24) is 0 Å². The first kappa shape index (κ1) is 12.3. The van der Waals surface area contributed by atoms with E-state index in [9.17, 15) is 4.79 Å². The summed E-state index contributed by atoms with van der Waals surface area (Å²) in [4.78, 5) is 11.8. The van der Waals surface area contributed by atoms with Crippen LogP contribution >= 0.6 is 0 Å². The summed E-state index contributed by atoms with van der Waals surface area (Å²) in [5.41, 5.74) is 0.951. The first-order chi connectivity index (χ1) is 7.49. The largest absolute Gasteiger partial charge is 0.326 e. The van der Waals surface area contributed by atoms with Gasteiger partial charge in [-0.05, 0) is 30.7 Å². The number of carbonyl (C=O) groups is 1. The molecule has 0 aromatic heterocycles. The quantitative estimate of drug-likeness (QED) is 0.844. The van der Waals surface area contributed by atoms with Gasteiger partial charge in [-0.15, -0.1) is 0 Å². The number of carbonyl (C=O) groups excluding carboxylic acids is 1. The van der Waals surface area contributed by atoms with Crippen molar-refractivity contribution in [2.45, 2.75) is 27.2 Å². The van der Waals surface area contributed by atoms with Gasteiger partial charge in [0.15, 0.2) is 0 Å². The van der Waals surface area contributed by atoms with Crippen LogP contribution in [0.25, 0.3) is 0 Å². The van der Waals surface area contributed by atoms with E-state index in [2.05, 4.69) is 5.32 Å². The molecule has 1 aromatic carbocycles. The minimum atomic E-state index is -0.367. The predicted molar refractivity (Wildman–Crippen MR) is 63.9 cm³/mol. The second-order valence-electron chi connectivity index (χ2n) is 4.38. The topological polar surface area (TPSA) is 52.9 Å². The van der Waals surface area contributed by atoms with Crippen molar-refractivity contribution < 1.29 is 4.79 Å². The van der Waals surface area contributed by atoms with E-state index < -0.39 is 0 Å². The number of nitrogens with one attached hydrogen (secondary N) is 1. The van der Waals surface area contributed by atoms with E-state index in [1.54, 1.807) is 24.3 Å². The van der Waals surface area contributed by atoms with Crippen LogP contribution in [0.3, 0.4) is 0 Å². The zero-order chi connectivity index (χ0) is 12.2. The maximum Gasteiger partial charge on any atom is 0.230 e. The van der Waals surface area contributed by atoms with Crippen LogP contribution in [0.2, 0.25) is 0 Å². The highest BCUT2D eigenvalue weighted by Crippen LogP contribution is 2.22. The lowest BCUT2D eigenvalue weighted by molar-refractivity contribution is -0.124. The van der Waals surface area contributed by atoms with Crippen molar-refractivity contribution in [3.8, 4) is 6.07 Å². The first-order valence-corrected chi connectivity index (χ1v) is 5.31. The Hall–Kier alpha value is -1.82. The molecular weight excluding hydrogens is 200 g/mol. The lowest BCUT2D eigenvalue weighted by atomic mass is 9.89. The summed E-state index contributed by atoms with van der Waals surface area (Å²) in [6.45, 7) is 5.80. The Bertz CT molecular complexity index is 413. The van der Waals surface area contributed by atoms with E-state index in [1.165, 1.54) is 0 Å². The molecule has 16 heavy (non-hydrogen) atoms.